The van der Waals surface area contributed by atoms with Gasteiger partial charge in [0.2, 0.25) is 17.7 Å². The summed E-state index contributed by atoms with van der Waals surface area (Å²) in [7, 11) is 1.67. The molecule has 2 fully saturated rings. The minimum absolute atomic E-state index is 0.0419. The molecule has 14 nitrogen and oxygen atoms in total. The number of carbonyl (C=O) groups is 6. The number of hydrogen-bond acceptors (Lipinski definition) is 7. The van der Waals surface area contributed by atoms with Gasteiger partial charge in [0.15, 0.2) is 0 Å². The second-order valence-electron chi connectivity index (χ2n) is 11.0. The minimum Gasteiger partial charge on any atom is -0.345 e. The fourth-order valence-corrected chi connectivity index (χ4v) is 5.24. The monoisotopic (exact) mass is 594 g/mol. The molecule has 0 spiro atoms. The number of hydrogen-bond donors (Lipinski definition) is 5. The molecule has 0 aromatic heterocycles. The van der Waals surface area contributed by atoms with Gasteiger partial charge in [-0.15, -0.1) is 0 Å². The molecule has 0 saturated carbocycles. The van der Waals surface area contributed by atoms with Crippen LogP contribution in [-0.4, -0.2) is 127 Å². The predicted molar refractivity (Wildman–Crippen MR) is 158 cm³/mol. The van der Waals surface area contributed by atoms with Crippen LogP contribution in [-0.2, 0) is 19.2 Å². The highest BCUT2D eigenvalue weighted by atomic mass is 16.2. The molecule has 0 bridgehead atoms. The second-order valence-corrected chi connectivity index (χ2v) is 11.0. The number of nitrogens with zero attached hydrogens (tertiary/aromatic N) is 3. The number of unbranched alkanes of at least 4 members (excludes halogenated alkanes) is 1. The van der Waals surface area contributed by atoms with Crippen molar-refractivity contribution < 1.29 is 28.8 Å². The van der Waals surface area contributed by atoms with Crippen LogP contribution < -0.4 is 26.6 Å². The van der Waals surface area contributed by atoms with Gasteiger partial charge in [0.05, 0.1) is 12.6 Å². The van der Waals surface area contributed by atoms with Crippen LogP contribution in [0.15, 0.2) is 0 Å². The lowest BCUT2D eigenvalue weighted by molar-refractivity contribution is -0.140. The molecule has 0 aromatic carbocycles. The lowest BCUT2D eigenvalue weighted by Gasteiger charge is -2.38. The van der Waals surface area contributed by atoms with Gasteiger partial charge in [-0.1, -0.05) is 6.92 Å². The molecular formula is C28H50N8O6. The number of carbonyl (C=O) groups excluding carboxylic acids is 6. The predicted octanol–water partition coefficient (Wildman–Crippen LogP) is -0.221. The summed E-state index contributed by atoms with van der Waals surface area (Å²) in [5, 5.41) is 14.0. The van der Waals surface area contributed by atoms with E-state index in [1.165, 1.54) is 4.90 Å². The van der Waals surface area contributed by atoms with Gasteiger partial charge in [-0.2, -0.15) is 0 Å². The third-order valence-electron chi connectivity index (χ3n) is 7.98. The third kappa shape index (κ3) is 10.1. The van der Waals surface area contributed by atoms with Crippen LogP contribution in [0.4, 0.5) is 9.59 Å². The number of urea groups is 2. The Balaban J connectivity index is 1.84. The molecule has 2 aliphatic heterocycles. The van der Waals surface area contributed by atoms with E-state index >= 15 is 0 Å². The summed E-state index contributed by atoms with van der Waals surface area (Å²) in [6.07, 6.45) is 4.56. The number of likely N-dealkylation sites (N-methyl/N-ethyl adjacent to an activating group) is 2. The summed E-state index contributed by atoms with van der Waals surface area (Å²) in [4.78, 5) is 79.5. The van der Waals surface area contributed by atoms with Gasteiger partial charge in [-0.3, -0.25) is 14.4 Å². The Labute approximate surface area is 249 Å². The van der Waals surface area contributed by atoms with E-state index < -0.39 is 18.1 Å². The van der Waals surface area contributed by atoms with Crippen LogP contribution >= 0.6 is 0 Å². The normalized spacial score (nSPS) is 21.7. The lowest BCUT2D eigenvalue weighted by atomic mass is 10.1. The standard InChI is InChI=1S/C28H50N8O6/c1-6-24(38)32-21(18-37)16-34(7-2)27(41)30-13-8-9-14-31-28(42)35-15-12-22-11-10-19(3)36(22)26(40)23(17-35)33-25(39)20(4)29-5/h18-23,29H,6-17H2,1-5H3,(H,30,41)(H,31,42)(H,32,38)(H,33,39)/t19?,20?,21-,22?,23?/m0/s1. The summed E-state index contributed by atoms with van der Waals surface area (Å²) in [6.45, 7) is 9.00. The van der Waals surface area contributed by atoms with E-state index in [-0.39, 0.29) is 61.4 Å². The van der Waals surface area contributed by atoms with Crippen molar-refractivity contribution in [1.29, 1.82) is 0 Å². The average Bonchev–Trinajstić information content (AvgIpc) is 3.35. The molecular weight excluding hydrogens is 544 g/mol. The Hall–Kier alpha value is -3.42. The van der Waals surface area contributed by atoms with Gasteiger partial charge in [0.1, 0.15) is 18.4 Å². The van der Waals surface area contributed by atoms with Crippen molar-refractivity contribution in [2.75, 3.05) is 46.3 Å². The van der Waals surface area contributed by atoms with Crippen molar-refractivity contribution in [2.24, 2.45) is 0 Å². The van der Waals surface area contributed by atoms with E-state index in [0.29, 0.717) is 51.7 Å². The number of amides is 7. The first-order valence-electron chi connectivity index (χ1n) is 15.2. The molecule has 42 heavy (non-hydrogen) atoms. The van der Waals surface area contributed by atoms with Gasteiger partial charge < -0.3 is 46.1 Å². The summed E-state index contributed by atoms with van der Waals surface area (Å²) in [6, 6.07) is -2.55. The highest BCUT2D eigenvalue weighted by Crippen LogP contribution is 2.28. The summed E-state index contributed by atoms with van der Waals surface area (Å²) >= 11 is 0. The Bertz CT molecular complexity index is 949. The minimum atomic E-state index is -0.826. The first-order chi connectivity index (χ1) is 20.1. The van der Waals surface area contributed by atoms with Crippen LogP contribution in [0.1, 0.15) is 66.2 Å². The van der Waals surface area contributed by atoms with Gasteiger partial charge in [0, 0.05) is 51.2 Å². The van der Waals surface area contributed by atoms with Crippen molar-refractivity contribution in [2.45, 2.75) is 96.4 Å². The highest BCUT2D eigenvalue weighted by molar-refractivity contribution is 5.91. The highest BCUT2D eigenvalue weighted by Gasteiger charge is 2.41. The van der Waals surface area contributed by atoms with Crippen LogP contribution in [0.2, 0.25) is 0 Å². The van der Waals surface area contributed by atoms with E-state index in [2.05, 4.69) is 26.6 Å². The summed E-state index contributed by atoms with van der Waals surface area (Å²) in [5.74, 6) is -0.703. The maximum atomic E-state index is 13.5. The van der Waals surface area contributed by atoms with Crippen molar-refractivity contribution >= 4 is 36.1 Å². The van der Waals surface area contributed by atoms with Gasteiger partial charge in [-0.05, 0) is 59.9 Å². The SMILES string of the molecule is CCC(=O)N[C@H](C=O)CN(CC)C(=O)NCCCCNC(=O)N1CCC2CCC(C)N2C(=O)C(NC(=O)C(C)NC)C1. The molecule has 238 valence electrons. The third-order valence-corrected chi connectivity index (χ3v) is 7.98. The second kappa shape index (κ2) is 17.5. The first kappa shape index (κ1) is 34.8. The first-order valence-corrected chi connectivity index (χ1v) is 15.2. The van der Waals surface area contributed by atoms with E-state index in [0.717, 1.165) is 12.8 Å². The quantitative estimate of drug-likeness (QED) is 0.137. The Kier molecular flexibility index (Phi) is 14.5. The summed E-state index contributed by atoms with van der Waals surface area (Å²) in [5.41, 5.74) is 0. The van der Waals surface area contributed by atoms with Crippen LogP contribution in [0.3, 0.4) is 0 Å². The molecule has 0 aliphatic carbocycles. The molecule has 14 heteroatoms. The zero-order chi connectivity index (χ0) is 31.2. The molecule has 4 unspecified atom stereocenters. The zero-order valence-electron chi connectivity index (χ0n) is 25.7. The smallest absolute Gasteiger partial charge is 0.317 e. The average molecular weight is 595 g/mol. The van der Waals surface area contributed by atoms with E-state index in [1.807, 2.05) is 11.8 Å². The number of fused-ring (bicyclic) bond motifs is 1. The topological polar surface area (TPSA) is 172 Å². The van der Waals surface area contributed by atoms with Crippen LogP contribution in [0.25, 0.3) is 0 Å². The molecule has 7 amide bonds. The summed E-state index contributed by atoms with van der Waals surface area (Å²) < 4.78 is 0. The fourth-order valence-electron chi connectivity index (χ4n) is 5.24. The van der Waals surface area contributed by atoms with Crippen LogP contribution in [0, 0.1) is 0 Å². The fraction of sp³-hybridized carbons (Fsp3) is 0.786. The van der Waals surface area contributed by atoms with Gasteiger partial charge in [-0.25, -0.2) is 9.59 Å². The van der Waals surface area contributed by atoms with E-state index in [1.54, 1.807) is 32.7 Å². The van der Waals surface area contributed by atoms with Crippen molar-refractivity contribution in [3.63, 3.8) is 0 Å². The molecule has 5 atom stereocenters. The largest absolute Gasteiger partial charge is 0.345 e. The van der Waals surface area contributed by atoms with Gasteiger partial charge in [0.25, 0.3) is 0 Å². The lowest BCUT2D eigenvalue weighted by Crippen LogP contribution is -2.61. The molecule has 2 saturated heterocycles. The van der Waals surface area contributed by atoms with E-state index in [4.69, 9.17) is 0 Å². The molecule has 0 radical (unpaired) electrons. The molecule has 0 aromatic rings. The van der Waals surface area contributed by atoms with Crippen molar-refractivity contribution in [3.8, 4) is 0 Å². The molecule has 2 rings (SSSR count). The Morgan fingerprint density at radius 3 is 2.38 bits per heavy atom. The van der Waals surface area contributed by atoms with Crippen molar-refractivity contribution in [3.05, 3.63) is 0 Å². The maximum Gasteiger partial charge on any atom is 0.317 e. The van der Waals surface area contributed by atoms with Gasteiger partial charge >= 0.3 is 12.1 Å². The van der Waals surface area contributed by atoms with Crippen molar-refractivity contribution in [1.82, 2.24) is 41.3 Å². The zero-order valence-corrected chi connectivity index (χ0v) is 25.7. The number of nitrogens with one attached hydrogen (secondary N) is 5. The number of rotatable bonds is 14. The molecule has 5 N–H and O–H groups in total. The van der Waals surface area contributed by atoms with Crippen LogP contribution in [0.5, 0.6) is 0 Å². The molecule has 2 heterocycles. The Morgan fingerprint density at radius 2 is 1.76 bits per heavy atom. The van der Waals surface area contributed by atoms with E-state index in [9.17, 15) is 28.8 Å². The Morgan fingerprint density at radius 1 is 1.07 bits per heavy atom. The number of aldehydes is 1. The molecule has 2 aliphatic rings. The maximum absolute atomic E-state index is 13.5.